The van der Waals surface area contributed by atoms with Gasteiger partial charge in [-0.1, -0.05) is 20.8 Å². The fraction of sp³-hybridized carbons (Fsp3) is 0.609. The van der Waals surface area contributed by atoms with Crippen molar-refractivity contribution in [1.82, 2.24) is 10.0 Å². The topological polar surface area (TPSA) is 145 Å². The minimum atomic E-state index is -4.31. The highest BCUT2D eigenvalue weighted by molar-refractivity contribution is 7.92. The number of amides is 1. The molecule has 1 aromatic carbocycles. The molecule has 198 valence electrons. The number of anilines is 2. The van der Waals surface area contributed by atoms with Gasteiger partial charge in [0.05, 0.1) is 11.9 Å². The first-order chi connectivity index (χ1) is 16.7. The number of hydrogen-bond acceptors (Lipinski definition) is 8. The average molecular weight is 540 g/mol. The van der Waals surface area contributed by atoms with Gasteiger partial charge in [0.25, 0.3) is 15.9 Å². The van der Waals surface area contributed by atoms with Crippen molar-refractivity contribution >= 4 is 48.9 Å². The lowest BCUT2D eigenvalue weighted by molar-refractivity contribution is -0.167. The lowest BCUT2D eigenvalue weighted by atomic mass is 9.71. The highest BCUT2D eigenvalue weighted by atomic mass is 32.2. The number of fused-ring (bicyclic) bond motifs is 1. The summed E-state index contributed by atoms with van der Waals surface area (Å²) in [6.07, 6.45) is 4.19. The SMILES string of the molecule is CC(C)CCC1(C)CN(N2CCCC2)C(=O)C(C2=NS(=O)(=O)c3cc(NS(C)(=O)=O)ccc3N2)C1=O. The molecule has 0 aromatic heterocycles. The maximum atomic E-state index is 13.8. The molecular weight excluding hydrogens is 506 g/mol. The molecule has 3 heterocycles. The molecule has 2 fully saturated rings. The molecule has 2 unspecified atom stereocenters. The number of nitrogens with one attached hydrogen (secondary N) is 2. The molecule has 3 aliphatic heterocycles. The number of sulfonamides is 2. The first-order valence-electron chi connectivity index (χ1n) is 12.0. The van der Waals surface area contributed by atoms with Gasteiger partial charge in [0, 0.05) is 30.7 Å². The van der Waals surface area contributed by atoms with Crippen molar-refractivity contribution in [3.8, 4) is 0 Å². The van der Waals surface area contributed by atoms with Crippen LogP contribution in [0.5, 0.6) is 0 Å². The van der Waals surface area contributed by atoms with E-state index in [-0.39, 0.29) is 34.4 Å². The van der Waals surface area contributed by atoms with Crippen molar-refractivity contribution in [1.29, 1.82) is 0 Å². The fourth-order valence-corrected chi connectivity index (χ4v) is 6.65. The zero-order valence-corrected chi connectivity index (χ0v) is 22.6. The molecule has 2 atom stereocenters. The Morgan fingerprint density at radius 3 is 2.50 bits per heavy atom. The third-order valence-electron chi connectivity index (χ3n) is 6.87. The van der Waals surface area contributed by atoms with Gasteiger partial charge in [-0.25, -0.2) is 13.4 Å². The molecule has 3 aliphatic rings. The van der Waals surface area contributed by atoms with E-state index in [1.165, 1.54) is 12.1 Å². The van der Waals surface area contributed by atoms with E-state index in [1.54, 1.807) is 5.01 Å². The molecule has 2 saturated heterocycles. The minimum absolute atomic E-state index is 0.0616. The van der Waals surface area contributed by atoms with Crippen molar-refractivity contribution in [3.05, 3.63) is 18.2 Å². The number of hydrogen-bond donors (Lipinski definition) is 2. The number of rotatable bonds is 7. The molecule has 4 rings (SSSR count). The zero-order valence-electron chi connectivity index (χ0n) is 20.9. The third-order valence-corrected chi connectivity index (χ3v) is 8.81. The van der Waals surface area contributed by atoms with E-state index in [0.717, 1.165) is 31.6 Å². The Morgan fingerprint density at radius 2 is 1.89 bits per heavy atom. The smallest absolute Gasteiger partial charge is 0.286 e. The van der Waals surface area contributed by atoms with Crippen molar-refractivity contribution in [3.63, 3.8) is 0 Å². The molecule has 13 heteroatoms. The van der Waals surface area contributed by atoms with Gasteiger partial charge in [-0.2, -0.15) is 8.42 Å². The Bertz CT molecular complexity index is 1320. The number of amidine groups is 1. The first kappa shape index (κ1) is 26.6. The monoisotopic (exact) mass is 539 g/mol. The van der Waals surface area contributed by atoms with Gasteiger partial charge in [0.1, 0.15) is 10.7 Å². The lowest BCUT2D eigenvalue weighted by Gasteiger charge is -2.46. The number of Topliss-reactive ketones (excluding diaryl/α,β-unsaturated/α-hetero) is 1. The summed E-state index contributed by atoms with van der Waals surface area (Å²) >= 11 is 0. The van der Waals surface area contributed by atoms with Crippen LogP contribution in [0.25, 0.3) is 0 Å². The molecule has 2 N–H and O–H groups in total. The number of carbonyl (C=O) groups is 2. The number of nitrogens with zero attached hydrogens (tertiary/aromatic N) is 3. The van der Waals surface area contributed by atoms with Gasteiger partial charge in [0.2, 0.25) is 10.0 Å². The van der Waals surface area contributed by atoms with Gasteiger partial charge >= 0.3 is 0 Å². The molecular formula is C23H33N5O6S2. The van der Waals surface area contributed by atoms with E-state index in [4.69, 9.17) is 0 Å². The predicted molar refractivity (Wildman–Crippen MR) is 136 cm³/mol. The summed E-state index contributed by atoms with van der Waals surface area (Å²) in [6, 6.07) is 3.95. The Kier molecular flexibility index (Phi) is 6.95. The second kappa shape index (κ2) is 9.42. The Balaban J connectivity index is 1.73. The number of benzene rings is 1. The zero-order chi connectivity index (χ0) is 26.5. The molecule has 11 nitrogen and oxygen atoms in total. The number of piperidine rings is 1. The third kappa shape index (κ3) is 5.28. The number of ketones is 1. The maximum Gasteiger partial charge on any atom is 0.286 e. The summed E-state index contributed by atoms with van der Waals surface area (Å²) in [4.78, 5) is 27.2. The van der Waals surface area contributed by atoms with E-state index in [0.29, 0.717) is 25.4 Å². The van der Waals surface area contributed by atoms with Crippen LogP contribution in [0, 0.1) is 17.3 Å². The highest BCUT2D eigenvalue weighted by Crippen LogP contribution is 2.39. The van der Waals surface area contributed by atoms with Crippen LogP contribution in [0.2, 0.25) is 0 Å². The molecule has 1 amide bonds. The van der Waals surface area contributed by atoms with E-state index in [9.17, 15) is 26.4 Å². The van der Waals surface area contributed by atoms with Crippen molar-refractivity contribution in [2.45, 2.75) is 51.3 Å². The standard InChI is InChI=1S/C23H33N5O6S2/c1-15(2)9-10-23(3)14-28(27-11-5-6-12-27)22(30)19(20(23)29)21-24-17-8-7-16(25-35(4,31)32)13-18(17)36(33,34)26-21/h7-8,13,15,19,25H,5-6,9-12,14H2,1-4H3,(H,24,26). The quantitative estimate of drug-likeness (QED) is 0.501. The Morgan fingerprint density at radius 1 is 1.22 bits per heavy atom. The summed E-state index contributed by atoms with van der Waals surface area (Å²) in [5.74, 6) is -2.07. The van der Waals surface area contributed by atoms with Crippen LogP contribution in [0.3, 0.4) is 0 Å². The Hall–Kier alpha value is -2.51. The highest BCUT2D eigenvalue weighted by Gasteiger charge is 2.53. The van der Waals surface area contributed by atoms with Crippen molar-refractivity contribution in [2.75, 3.05) is 35.9 Å². The molecule has 36 heavy (non-hydrogen) atoms. The summed E-state index contributed by atoms with van der Waals surface area (Å²) in [7, 11) is -7.93. The van der Waals surface area contributed by atoms with Crippen LogP contribution in [0.15, 0.2) is 27.5 Å². The summed E-state index contributed by atoms with van der Waals surface area (Å²) in [5.41, 5.74) is -0.670. The van der Waals surface area contributed by atoms with Crippen LogP contribution in [0.4, 0.5) is 11.4 Å². The normalized spacial score (nSPS) is 26.5. The van der Waals surface area contributed by atoms with Crippen LogP contribution in [0.1, 0.15) is 46.5 Å². The van der Waals surface area contributed by atoms with Crippen LogP contribution >= 0.6 is 0 Å². The van der Waals surface area contributed by atoms with E-state index in [2.05, 4.69) is 28.3 Å². The minimum Gasteiger partial charge on any atom is -0.341 e. The van der Waals surface area contributed by atoms with E-state index in [1.807, 2.05) is 11.9 Å². The molecule has 0 spiro atoms. The lowest BCUT2D eigenvalue weighted by Crippen LogP contribution is -2.63. The van der Waals surface area contributed by atoms with Crippen molar-refractivity contribution < 1.29 is 26.4 Å². The van der Waals surface area contributed by atoms with E-state index >= 15 is 0 Å². The van der Waals surface area contributed by atoms with Crippen LogP contribution < -0.4 is 10.0 Å². The molecule has 0 bridgehead atoms. The Labute approximate surface area is 212 Å². The van der Waals surface area contributed by atoms with Gasteiger partial charge in [-0.3, -0.25) is 19.3 Å². The van der Waals surface area contributed by atoms with Crippen LogP contribution in [-0.2, 0) is 29.6 Å². The maximum absolute atomic E-state index is 13.8. The van der Waals surface area contributed by atoms with Crippen LogP contribution in [-0.4, -0.2) is 70.3 Å². The molecule has 0 saturated carbocycles. The molecule has 0 aliphatic carbocycles. The van der Waals surface area contributed by atoms with Gasteiger partial charge in [-0.05, 0) is 49.8 Å². The summed E-state index contributed by atoms with van der Waals surface area (Å²) < 4.78 is 55.5. The fourth-order valence-electron chi connectivity index (χ4n) is 4.91. The number of hydrazine groups is 1. The second-order valence-electron chi connectivity index (χ2n) is 10.5. The summed E-state index contributed by atoms with van der Waals surface area (Å²) in [5, 5.41) is 6.46. The first-order valence-corrected chi connectivity index (χ1v) is 15.4. The van der Waals surface area contributed by atoms with Gasteiger partial charge in [0.15, 0.2) is 11.7 Å². The largest absolute Gasteiger partial charge is 0.341 e. The number of carbonyl (C=O) groups excluding carboxylic acids is 2. The van der Waals surface area contributed by atoms with Gasteiger partial charge < -0.3 is 5.32 Å². The average Bonchev–Trinajstić information content (AvgIpc) is 3.29. The predicted octanol–water partition coefficient (Wildman–Crippen LogP) is 2.05. The van der Waals surface area contributed by atoms with Crippen molar-refractivity contribution in [2.24, 2.45) is 21.6 Å². The van der Waals surface area contributed by atoms with E-state index < -0.39 is 37.3 Å². The second-order valence-corrected chi connectivity index (χ2v) is 13.8. The van der Waals surface area contributed by atoms with Gasteiger partial charge in [-0.15, -0.1) is 4.40 Å². The molecule has 0 radical (unpaired) electrons. The summed E-state index contributed by atoms with van der Waals surface area (Å²) in [6.45, 7) is 7.63. The molecule has 1 aromatic rings.